The zero-order valence-electron chi connectivity index (χ0n) is 16.2. The first-order valence-electron chi connectivity index (χ1n) is 9.20. The van der Waals surface area contributed by atoms with E-state index in [-0.39, 0.29) is 30.0 Å². The number of amides is 1. The van der Waals surface area contributed by atoms with Crippen LogP contribution in [0.3, 0.4) is 0 Å². The molecule has 154 valence electrons. The molecule has 2 aromatic rings. The molecule has 9 heteroatoms. The zero-order valence-corrected chi connectivity index (χ0v) is 16.2. The Hall–Kier alpha value is -3.77. The first-order chi connectivity index (χ1) is 14.3. The molecule has 0 saturated carbocycles. The standard InChI is InChI=1S/C21H19N3O6/c1-30-19-9-8-14(12-17(19)24(28)29)18(25)13-21(27)15-6-2-3-7-16(15)23(20(21)26)11-5-4-10-22/h2-3,6-9,12,27H,4-5,11,13H2,1H3. The van der Waals surface area contributed by atoms with E-state index in [1.54, 1.807) is 24.3 Å². The number of hydrogen-bond acceptors (Lipinski definition) is 7. The number of aliphatic hydroxyl groups is 1. The lowest BCUT2D eigenvalue weighted by Gasteiger charge is -2.22. The van der Waals surface area contributed by atoms with Crippen molar-refractivity contribution in [1.82, 2.24) is 0 Å². The summed E-state index contributed by atoms with van der Waals surface area (Å²) in [7, 11) is 1.28. The summed E-state index contributed by atoms with van der Waals surface area (Å²) in [6.45, 7) is 0.230. The summed E-state index contributed by atoms with van der Waals surface area (Å²) in [5.74, 6) is -1.27. The number of para-hydroxylation sites is 1. The Balaban J connectivity index is 1.93. The highest BCUT2D eigenvalue weighted by molar-refractivity contribution is 6.10. The maximum absolute atomic E-state index is 13.0. The number of rotatable bonds is 8. The summed E-state index contributed by atoms with van der Waals surface area (Å²) in [6.07, 6.45) is 0.102. The average Bonchev–Trinajstić information content (AvgIpc) is 2.95. The smallest absolute Gasteiger partial charge is 0.311 e. The van der Waals surface area contributed by atoms with Crippen LogP contribution in [0, 0.1) is 21.4 Å². The molecule has 0 radical (unpaired) electrons. The van der Waals surface area contributed by atoms with Crippen molar-refractivity contribution in [2.45, 2.75) is 24.9 Å². The molecular weight excluding hydrogens is 390 g/mol. The zero-order chi connectivity index (χ0) is 21.9. The number of ketones is 1. The fraction of sp³-hybridized carbons (Fsp3) is 0.286. The Morgan fingerprint density at radius 2 is 2.07 bits per heavy atom. The Kier molecular flexibility index (Phi) is 5.80. The highest BCUT2D eigenvalue weighted by Crippen LogP contribution is 2.43. The SMILES string of the molecule is COc1ccc(C(=O)CC2(O)C(=O)N(CCCC#N)c3ccccc32)cc1[N+](=O)[O-]. The highest BCUT2D eigenvalue weighted by atomic mass is 16.6. The van der Waals surface area contributed by atoms with Gasteiger partial charge in [-0.1, -0.05) is 18.2 Å². The molecule has 0 spiro atoms. The molecule has 1 N–H and O–H groups in total. The van der Waals surface area contributed by atoms with Gasteiger partial charge in [0.25, 0.3) is 5.91 Å². The van der Waals surface area contributed by atoms with Crippen molar-refractivity contribution in [2.24, 2.45) is 0 Å². The number of Topliss-reactive ketones (excluding diaryl/α,β-unsaturated/α-hetero) is 1. The second kappa shape index (κ2) is 8.31. The normalized spacial score (nSPS) is 17.4. The van der Waals surface area contributed by atoms with E-state index in [9.17, 15) is 24.8 Å². The van der Waals surface area contributed by atoms with Gasteiger partial charge in [0.05, 0.1) is 30.2 Å². The number of nitro groups is 1. The Bertz CT molecular complexity index is 1060. The van der Waals surface area contributed by atoms with Crippen molar-refractivity contribution in [1.29, 1.82) is 5.26 Å². The van der Waals surface area contributed by atoms with Gasteiger partial charge < -0.3 is 14.7 Å². The maximum atomic E-state index is 13.0. The molecule has 2 aromatic carbocycles. The third kappa shape index (κ3) is 3.60. The predicted octanol–water partition coefficient (Wildman–Crippen LogP) is 2.71. The molecule has 1 aliphatic rings. The number of benzene rings is 2. The minimum atomic E-state index is -2.09. The summed E-state index contributed by atoms with van der Waals surface area (Å²) in [5, 5.41) is 31.2. The highest BCUT2D eigenvalue weighted by Gasteiger charge is 2.50. The van der Waals surface area contributed by atoms with Crippen LogP contribution < -0.4 is 9.64 Å². The van der Waals surface area contributed by atoms with Crippen molar-refractivity contribution in [3.8, 4) is 11.8 Å². The fourth-order valence-electron chi connectivity index (χ4n) is 3.56. The quantitative estimate of drug-likeness (QED) is 0.307. The molecule has 0 aromatic heterocycles. The van der Waals surface area contributed by atoms with Crippen molar-refractivity contribution in [2.75, 3.05) is 18.6 Å². The summed E-state index contributed by atoms with van der Waals surface area (Å²) in [5.41, 5.74) is -1.70. The number of nitriles is 1. The topological polar surface area (TPSA) is 134 Å². The van der Waals surface area contributed by atoms with Crippen LogP contribution in [-0.4, -0.2) is 35.4 Å². The molecule has 0 aliphatic carbocycles. The number of nitro benzene ring substituents is 1. The molecule has 30 heavy (non-hydrogen) atoms. The Morgan fingerprint density at radius 3 is 2.73 bits per heavy atom. The van der Waals surface area contributed by atoms with Crippen LogP contribution in [0.4, 0.5) is 11.4 Å². The van der Waals surface area contributed by atoms with E-state index in [0.717, 1.165) is 6.07 Å². The number of anilines is 1. The van der Waals surface area contributed by atoms with Gasteiger partial charge in [-0.3, -0.25) is 19.7 Å². The minimum Gasteiger partial charge on any atom is -0.490 e. The number of carbonyl (C=O) groups is 2. The number of hydrogen-bond donors (Lipinski definition) is 1. The second-order valence-electron chi connectivity index (χ2n) is 6.84. The van der Waals surface area contributed by atoms with Gasteiger partial charge in [-0.25, -0.2) is 0 Å². The van der Waals surface area contributed by atoms with Gasteiger partial charge in [0.1, 0.15) is 0 Å². The Morgan fingerprint density at radius 1 is 1.33 bits per heavy atom. The first kappa shape index (κ1) is 21.0. The number of unbranched alkanes of at least 4 members (excludes halogenated alkanes) is 1. The van der Waals surface area contributed by atoms with E-state index in [1.165, 1.54) is 24.1 Å². The van der Waals surface area contributed by atoms with Crippen LogP contribution in [0.15, 0.2) is 42.5 Å². The number of ether oxygens (including phenoxy) is 1. The van der Waals surface area contributed by atoms with E-state index < -0.39 is 28.6 Å². The van der Waals surface area contributed by atoms with E-state index in [0.29, 0.717) is 17.7 Å². The van der Waals surface area contributed by atoms with E-state index in [4.69, 9.17) is 10.00 Å². The lowest BCUT2D eigenvalue weighted by atomic mass is 9.88. The van der Waals surface area contributed by atoms with Gasteiger partial charge >= 0.3 is 5.69 Å². The summed E-state index contributed by atoms with van der Waals surface area (Å²) < 4.78 is 4.93. The van der Waals surface area contributed by atoms with E-state index in [2.05, 4.69) is 0 Å². The molecule has 1 aliphatic heterocycles. The Labute approximate surface area is 172 Å². The van der Waals surface area contributed by atoms with Crippen LogP contribution in [0.25, 0.3) is 0 Å². The van der Waals surface area contributed by atoms with Crippen molar-refractivity contribution >= 4 is 23.1 Å². The summed E-state index contributed by atoms with van der Waals surface area (Å²) in [6, 6.07) is 12.3. The van der Waals surface area contributed by atoms with E-state index >= 15 is 0 Å². The third-order valence-electron chi connectivity index (χ3n) is 5.02. The van der Waals surface area contributed by atoms with Crippen molar-refractivity contribution < 1.29 is 24.4 Å². The van der Waals surface area contributed by atoms with Gasteiger partial charge in [0.2, 0.25) is 0 Å². The van der Waals surface area contributed by atoms with Gasteiger partial charge in [-0.15, -0.1) is 0 Å². The third-order valence-corrected chi connectivity index (χ3v) is 5.02. The molecule has 3 rings (SSSR count). The van der Waals surface area contributed by atoms with Crippen LogP contribution in [0.5, 0.6) is 5.75 Å². The molecule has 1 amide bonds. The van der Waals surface area contributed by atoms with Gasteiger partial charge in [-0.05, 0) is 24.6 Å². The number of fused-ring (bicyclic) bond motifs is 1. The minimum absolute atomic E-state index is 0.00113. The van der Waals surface area contributed by atoms with Crippen LogP contribution in [-0.2, 0) is 10.4 Å². The summed E-state index contributed by atoms with van der Waals surface area (Å²) in [4.78, 5) is 37.8. The van der Waals surface area contributed by atoms with E-state index in [1.807, 2.05) is 6.07 Å². The molecule has 9 nitrogen and oxygen atoms in total. The molecule has 0 saturated heterocycles. The fourth-order valence-corrected chi connectivity index (χ4v) is 3.56. The molecule has 1 atom stereocenters. The van der Waals surface area contributed by atoms with Crippen LogP contribution >= 0.6 is 0 Å². The monoisotopic (exact) mass is 409 g/mol. The van der Waals surface area contributed by atoms with Crippen molar-refractivity contribution in [3.63, 3.8) is 0 Å². The molecule has 0 bridgehead atoms. The molecule has 1 heterocycles. The maximum Gasteiger partial charge on any atom is 0.311 e. The second-order valence-corrected chi connectivity index (χ2v) is 6.84. The largest absolute Gasteiger partial charge is 0.490 e. The van der Waals surface area contributed by atoms with Gasteiger partial charge in [0, 0.05) is 30.2 Å². The predicted molar refractivity (Wildman–Crippen MR) is 106 cm³/mol. The van der Waals surface area contributed by atoms with Crippen molar-refractivity contribution in [3.05, 3.63) is 63.7 Å². The molecule has 0 fully saturated rings. The van der Waals surface area contributed by atoms with Gasteiger partial charge in [0.15, 0.2) is 17.1 Å². The van der Waals surface area contributed by atoms with Crippen LogP contribution in [0.2, 0.25) is 0 Å². The number of carbonyl (C=O) groups excluding carboxylic acids is 2. The molecular formula is C21H19N3O6. The first-order valence-corrected chi connectivity index (χ1v) is 9.20. The lowest BCUT2D eigenvalue weighted by molar-refractivity contribution is -0.385. The lowest BCUT2D eigenvalue weighted by Crippen LogP contribution is -2.42. The van der Waals surface area contributed by atoms with Crippen LogP contribution in [0.1, 0.15) is 35.2 Å². The number of methoxy groups -OCH3 is 1. The number of nitrogens with zero attached hydrogens (tertiary/aromatic N) is 3. The average molecular weight is 409 g/mol. The summed E-state index contributed by atoms with van der Waals surface area (Å²) >= 11 is 0. The molecule has 1 unspecified atom stereocenters. The van der Waals surface area contributed by atoms with Gasteiger partial charge in [-0.2, -0.15) is 5.26 Å².